The van der Waals surface area contributed by atoms with Crippen molar-refractivity contribution < 1.29 is 14.4 Å². The molecule has 0 saturated carbocycles. The fourth-order valence-electron chi connectivity index (χ4n) is 2.73. The molecule has 3 amide bonds. The van der Waals surface area contributed by atoms with Gasteiger partial charge in [-0.25, -0.2) is 0 Å². The van der Waals surface area contributed by atoms with E-state index >= 15 is 0 Å². The fraction of sp³-hybridized carbons (Fsp3) is 0.444. The molecular weight excluding hydrogens is 432 g/mol. The first kappa shape index (κ1) is 21.3. The second kappa shape index (κ2) is 9.80. The van der Waals surface area contributed by atoms with Crippen LogP contribution < -0.4 is 10.6 Å². The molecule has 27 heavy (non-hydrogen) atoms. The van der Waals surface area contributed by atoms with Crippen LogP contribution in [0, 0.1) is 5.41 Å². The van der Waals surface area contributed by atoms with Crippen LogP contribution >= 0.6 is 27.3 Å². The van der Waals surface area contributed by atoms with Crippen molar-refractivity contribution in [1.82, 2.24) is 15.5 Å². The molecule has 1 aromatic rings. The smallest absolute Gasteiger partial charge is 0.269 e. The summed E-state index contributed by atoms with van der Waals surface area (Å²) in [5, 5.41) is 13.4. The Balaban J connectivity index is 1.77. The molecule has 146 valence electrons. The van der Waals surface area contributed by atoms with Crippen LogP contribution in [-0.2, 0) is 14.4 Å². The maximum absolute atomic E-state index is 12.1. The van der Waals surface area contributed by atoms with Crippen LogP contribution in [0.25, 0.3) is 0 Å². The number of nitrogens with one attached hydrogen (secondary N) is 3. The van der Waals surface area contributed by atoms with Gasteiger partial charge in [0.1, 0.15) is 5.71 Å². The summed E-state index contributed by atoms with van der Waals surface area (Å²) in [6.45, 7) is 4.63. The van der Waals surface area contributed by atoms with Gasteiger partial charge in [0.05, 0.1) is 9.83 Å². The Hall–Kier alpha value is -2.00. The lowest BCUT2D eigenvalue weighted by Crippen LogP contribution is -2.45. The average molecular weight is 455 g/mol. The molecule has 0 unspecified atom stereocenters. The summed E-state index contributed by atoms with van der Waals surface area (Å²) in [5.41, 5.74) is -0.279. The van der Waals surface area contributed by atoms with Crippen molar-refractivity contribution >= 4 is 50.7 Å². The first-order valence-corrected chi connectivity index (χ1v) is 10.3. The molecule has 2 heterocycles. The SMILES string of the molecule is CC(=O)N1CCC(NC(=O)/C=C\C(=N)C(=O)N[C@H](C)c2ccc(Br)s2)CC1. The number of carbonyl (C=O) groups is 3. The first-order valence-electron chi connectivity index (χ1n) is 8.65. The normalized spacial score (nSPS) is 16.2. The number of likely N-dealkylation sites (tertiary alicyclic amines) is 1. The van der Waals surface area contributed by atoms with Crippen molar-refractivity contribution in [2.75, 3.05) is 13.1 Å². The number of rotatable bonds is 6. The highest BCUT2D eigenvalue weighted by atomic mass is 79.9. The molecule has 1 aliphatic rings. The Labute approximate surface area is 170 Å². The lowest BCUT2D eigenvalue weighted by atomic mass is 10.1. The molecule has 1 aromatic heterocycles. The number of hydrogen-bond acceptors (Lipinski definition) is 5. The molecule has 7 nitrogen and oxygen atoms in total. The summed E-state index contributed by atoms with van der Waals surface area (Å²) < 4.78 is 0.972. The third kappa shape index (κ3) is 6.59. The minimum absolute atomic E-state index is 0.00180. The van der Waals surface area contributed by atoms with Crippen molar-refractivity contribution in [3.63, 3.8) is 0 Å². The Morgan fingerprint density at radius 3 is 2.52 bits per heavy atom. The highest BCUT2D eigenvalue weighted by Crippen LogP contribution is 2.26. The van der Waals surface area contributed by atoms with Crippen molar-refractivity contribution in [2.45, 2.75) is 38.8 Å². The monoisotopic (exact) mass is 454 g/mol. The molecule has 0 bridgehead atoms. The average Bonchev–Trinajstić information content (AvgIpc) is 3.06. The Morgan fingerprint density at radius 1 is 1.30 bits per heavy atom. The van der Waals surface area contributed by atoms with Gasteiger partial charge in [0.25, 0.3) is 5.91 Å². The summed E-state index contributed by atoms with van der Waals surface area (Å²) in [7, 11) is 0. The zero-order valence-electron chi connectivity index (χ0n) is 15.3. The largest absolute Gasteiger partial charge is 0.350 e. The van der Waals surface area contributed by atoms with E-state index < -0.39 is 5.91 Å². The van der Waals surface area contributed by atoms with Crippen LogP contribution in [0.15, 0.2) is 28.1 Å². The highest BCUT2D eigenvalue weighted by molar-refractivity contribution is 9.11. The molecule has 1 atom stereocenters. The third-order valence-corrected chi connectivity index (χ3v) is 6.11. The second-order valence-electron chi connectivity index (χ2n) is 6.37. The van der Waals surface area contributed by atoms with Crippen LogP contribution in [0.1, 0.15) is 37.6 Å². The number of thiophene rings is 1. The van der Waals surface area contributed by atoms with Gasteiger partial charge in [-0.15, -0.1) is 11.3 Å². The zero-order chi connectivity index (χ0) is 20.0. The van der Waals surface area contributed by atoms with Crippen LogP contribution in [-0.4, -0.2) is 47.5 Å². The van der Waals surface area contributed by atoms with Gasteiger partial charge in [0.15, 0.2) is 0 Å². The number of nitrogens with zero attached hydrogens (tertiary/aromatic N) is 1. The Bertz CT molecular complexity index is 754. The van der Waals surface area contributed by atoms with Crippen LogP contribution in [0.2, 0.25) is 0 Å². The van der Waals surface area contributed by atoms with E-state index in [0.29, 0.717) is 25.9 Å². The molecule has 1 aliphatic heterocycles. The lowest BCUT2D eigenvalue weighted by Gasteiger charge is -2.31. The van der Waals surface area contributed by atoms with E-state index in [9.17, 15) is 14.4 Å². The van der Waals surface area contributed by atoms with Gasteiger partial charge in [0, 0.05) is 37.0 Å². The maximum Gasteiger partial charge on any atom is 0.269 e. The predicted molar refractivity (Wildman–Crippen MR) is 109 cm³/mol. The van der Waals surface area contributed by atoms with Crippen molar-refractivity contribution in [1.29, 1.82) is 5.41 Å². The van der Waals surface area contributed by atoms with E-state index in [-0.39, 0.29) is 29.6 Å². The molecule has 1 saturated heterocycles. The number of carbonyl (C=O) groups excluding carboxylic acids is 3. The number of halogens is 1. The summed E-state index contributed by atoms with van der Waals surface area (Å²) in [5.74, 6) is -0.835. The van der Waals surface area contributed by atoms with Gasteiger partial charge in [-0.3, -0.25) is 19.8 Å². The van der Waals surface area contributed by atoms with Crippen LogP contribution in [0.4, 0.5) is 0 Å². The van der Waals surface area contributed by atoms with Crippen molar-refractivity contribution in [3.8, 4) is 0 Å². The summed E-state index contributed by atoms with van der Waals surface area (Å²) in [6.07, 6.45) is 3.80. The maximum atomic E-state index is 12.1. The highest BCUT2D eigenvalue weighted by Gasteiger charge is 2.21. The van der Waals surface area contributed by atoms with Gasteiger partial charge in [-0.05, 0) is 53.9 Å². The van der Waals surface area contributed by atoms with E-state index in [0.717, 1.165) is 8.66 Å². The van der Waals surface area contributed by atoms with Crippen molar-refractivity contribution in [2.24, 2.45) is 0 Å². The molecule has 9 heteroatoms. The van der Waals surface area contributed by atoms with Gasteiger partial charge in [-0.1, -0.05) is 0 Å². The number of piperidine rings is 1. The molecule has 1 fully saturated rings. The van der Waals surface area contributed by atoms with Crippen molar-refractivity contribution in [3.05, 3.63) is 32.9 Å². The van der Waals surface area contributed by atoms with Gasteiger partial charge >= 0.3 is 0 Å². The summed E-state index contributed by atoms with van der Waals surface area (Å²) in [6, 6.07) is 3.59. The zero-order valence-corrected chi connectivity index (χ0v) is 17.7. The van der Waals surface area contributed by atoms with Crippen LogP contribution in [0.3, 0.4) is 0 Å². The molecule has 0 aliphatic carbocycles. The second-order valence-corrected chi connectivity index (χ2v) is 8.87. The van der Waals surface area contributed by atoms with Gasteiger partial charge in [0.2, 0.25) is 11.8 Å². The standard InChI is InChI=1S/C18H23BrN4O3S/c1-11(15-4-5-16(19)27-15)21-18(26)14(20)3-6-17(25)22-13-7-9-23(10-8-13)12(2)24/h3-6,11,13,20H,7-10H2,1-2H3,(H,21,26)(H,22,25)/b6-3-,20-14?/t11-/m1/s1. The number of amides is 3. The minimum Gasteiger partial charge on any atom is -0.350 e. The minimum atomic E-state index is -0.536. The van der Waals surface area contributed by atoms with E-state index in [1.54, 1.807) is 4.90 Å². The van der Waals surface area contributed by atoms with E-state index in [1.807, 2.05) is 19.1 Å². The molecule has 0 radical (unpaired) electrons. The Kier molecular flexibility index (Phi) is 7.73. The van der Waals surface area contributed by atoms with E-state index in [1.165, 1.54) is 30.4 Å². The fourth-order valence-corrected chi connectivity index (χ4v) is 4.16. The molecular formula is C18H23BrN4O3S. The third-order valence-electron chi connectivity index (χ3n) is 4.30. The van der Waals surface area contributed by atoms with Crippen LogP contribution in [0.5, 0.6) is 0 Å². The molecule has 3 N–H and O–H groups in total. The van der Waals surface area contributed by atoms with Gasteiger partial charge in [-0.2, -0.15) is 0 Å². The number of hydrogen-bond donors (Lipinski definition) is 3. The molecule has 2 rings (SSSR count). The van der Waals surface area contributed by atoms with E-state index in [4.69, 9.17) is 5.41 Å². The van der Waals surface area contributed by atoms with E-state index in [2.05, 4.69) is 26.6 Å². The quantitative estimate of drug-likeness (QED) is 0.454. The topological polar surface area (TPSA) is 102 Å². The lowest BCUT2D eigenvalue weighted by molar-refractivity contribution is -0.130. The molecule has 0 aromatic carbocycles. The Morgan fingerprint density at radius 2 is 1.96 bits per heavy atom. The van der Waals surface area contributed by atoms with Gasteiger partial charge < -0.3 is 15.5 Å². The molecule has 0 spiro atoms. The predicted octanol–water partition coefficient (Wildman–Crippen LogP) is 2.39. The summed E-state index contributed by atoms with van der Waals surface area (Å²) in [4.78, 5) is 38.1. The summed E-state index contributed by atoms with van der Waals surface area (Å²) >= 11 is 4.89. The first-order chi connectivity index (χ1) is 12.8.